The van der Waals surface area contributed by atoms with E-state index in [1.165, 1.54) is 4.90 Å². The summed E-state index contributed by atoms with van der Waals surface area (Å²) in [6, 6.07) is 8.06. The first kappa shape index (κ1) is 9.59. The zero-order valence-electron chi connectivity index (χ0n) is 8.36. The van der Waals surface area contributed by atoms with Gasteiger partial charge in [0.25, 0.3) is 0 Å². The maximum Gasteiger partial charge on any atom is 0.227 e. The maximum absolute atomic E-state index is 11.7. The Morgan fingerprint density at radius 1 is 1.43 bits per heavy atom. The van der Waals surface area contributed by atoms with Crippen LogP contribution < -0.4 is 4.90 Å². The molecule has 1 amide bonds. The van der Waals surface area contributed by atoms with Gasteiger partial charge in [-0.15, -0.1) is 11.8 Å². The predicted octanol–water partition coefficient (Wildman–Crippen LogP) is 2.53. The number of hydrogen-bond donors (Lipinski definition) is 0. The van der Waals surface area contributed by atoms with Crippen molar-refractivity contribution < 1.29 is 4.79 Å². The van der Waals surface area contributed by atoms with Crippen LogP contribution in [0.4, 0.5) is 5.69 Å². The van der Waals surface area contributed by atoms with E-state index in [1.807, 2.05) is 25.2 Å². The highest BCUT2D eigenvalue weighted by Crippen LogP contribution is 2.36. The molecule has 0 radical (unpaired) electrons. The number of fused-ring (bicyclic) bond motifs is 1. The molecule has 1 aromatic carbocycles. The Labute approximate surface area is 88.3 Å². The van der Waals surface area contributed by atoms with Crippen molar-refractivity contribution in [2.75, 3.05) is 11.9 Å². The van der Waals surface area contributed by atoms with E-state index in [9.17, 15) is 4.79 Å². The van der Waals surface area contributed by atoms with Gasteiger partial charge in [0.1, 0.15) is 0 Å². The molecule has 1 aliphatic heterocycles. The molecule has 3 heteroatoms. The molecule has 0 aromatic heterocycles. The molecule has 2 nitrogen and oxygen atoms in total. The summed E-state index contributed by atoms with van der Waals surface area (Å²) in [6.07, 6.45) is 0.621. The summed E-state index contributed by atoms with van der Waals surface area (Å²) >= 11 is 1.78. The summed E-state index contributed by atoms with van der Waals surface area (Å²) in [7, 11) is 1.85. The number of nitrogens with zero attached hydrogens (tertiary/aromatic N) is 1. The van der Waals surface area contributed by atoms with Crippen molar-refractivity contribution in [2.45, 2.75) is 23.5 Å². The molecule has 0 saturated carbocycles. The third-order valence-electron chi connectivity index (χ3n) is 2.39. The lowest BCUT2D eigenvalue weighted by molar-refractivity contribution is -0.118. The topological polar surface area (TPSA) is 20.3 Å². The van der Waals surface area contributed by atoms with E-state index in [2.05, 4.69) is 13.0 Å². The van der Waals surface area contributed by atoms with Crippen molar-refractivity contribution >= 4 is 23.4 Å². The van der Waals surface area contributed by atoms with Gasteiger partial charge in [-0.05, 0) is 12.1 Å². The molecule has 14 heavy (non-hydrogen) atoms. The highest BCUT2D eigenvalue weighted by molar-refractivity contribution is 8.00. The van der Waals surface area contributed by atoms with E-state index in [1.54, 1.807) is 16.7 Å². The summed E-state index contributed by atoms with van der Waals surface area (Å²) < 4.78 is 0. The Morgan fingerprint density at radius 3 is 2.93 bits per heavy atom. The van der Waals surface area contributed by atoms with Gasteiger partial charge >= 0.3 is 0 Å². The second kappa shape index (κ2) is 3.65. The summed E-state index contributed by atoms with van der Waals surface area (Å²) in [5.41, 5.74) is 1.03. The number of amides is 1. The first-order valence-electron chi connectivity index (χ1n) is 4.70. The number of para-hydroxylation sites is 1. The monoisotopic (exact) mass is 207 g/mol. The highest BCUT2D eigenvalue weighted by atomic mass is 32.2. The van der Waals surface area contributed by atoms with Crippen molar-refractivity contribution in [3.63, 3.8) is 0 Å². The lowest BCUT2D eigenvalue weighted by Crippen LogP contribution is -2.26. The van der Waals surface area contributed by atoms with Gasteiger partial charge in [-0.1, -0.05) is 19.1 Å². The van der Waals surface area contributed by atoms with Crippen molar-refractivity contribution in [1.29, 1.82) is 0 Å². The summed E-state index contributed by atoms with van der Waals surface area (Å²) in [4.78, 5) is 14.7. The normalized spacial score (nSPS) is 21.7. The van der Waals surface area contributed by atoms with Crippen LogP contribution in [0.5, 0.6) is 0 Å². The first-order valence-corrected chi connectivity index (χ1v) is 5.58. The Balaban J connectivity index is 2.46. The minimum Gasteiger partial charge on any atom is -0.314 e. The molecule has 2 rings (SSSR count). The number of rotatable bonds is 0. The van der Waals surface area contributed by atoms with Crippen molar-refractivity contribution in [2.24, 2.45) is 0 Å². The maximum atomic E-state index is 11.7. The molecule has 0 fully saturated rings. The molecule has 1 unspecified atom stereocenters. The lowest BCUT2D eigenvalue weighted by Gasteiger charge is -2.16. The van der Waals surface area contributed by atoms with E-state index in [0.29, 0.717) is 11.7 Å². The van der Waals surface area contributed by atoms with Crippen molar-refractivity contribution in [1.82, 2.24) is 0 Å². The Kier molecular flexibility index (Phi) is 2.50. The molecule has 1 aliphatic rings. The van der Waals surface area contributed by atoms with Gasteiger partial charge in [-0.2, -0.15) is 0 Å². The number of benzene rings is 1. The molecule has 0 aliphatic carbocycles. The van der Waals surface area contributed by atoms with Crippen LogP contribution in [-0.2, 0) is 4.79 Å². The number of anilines is 1. The molecule has 74 valence electrons. The fourth-order valence-corrected chi connectivity index (χ4v) is 2.75. The van der Waals surface area contributed by atoms with Gasteiger partial charge < -0.3 is 4.90 Å². The van der Waals surface area contributed by atoms with Crippen LogP contribution in [-0.4, -0.2) is 18.2 Å². The van der Waals surface area contributed by atoms with Gasteiger partial charge in [0.05, 0.1) is 5.69 Å². The molecule has 0 N–H and O–H groups in total. The van der Waals surface area contributed by atoms with Crippen LogP contribution in [0.1, 0.15) is 13.3 Å². The van der Waals surface area contributed by atoms with Crippen LogP contribution in [0.15, 0.2) is 29.2 Å². The molecule has 0 bridgehead atoms. The minimum atomic E-state index is 0.204. The van der Waals surface area contributed by atoms with Gasteiger partial charge in [0.15, 0.2) is 0 Å². The fraction of sp³-hybridized carbons (Fsp3) is 0.364. The second-order valence-electron chi connectivity index (χ2n) is 3.55. The lowest BCUT2D eigenvalue weighted by atomic mass is 10.2. The first-order chi connectivity index (χ1) is 6.68. The van der Waals surface area contributed by atoms with Crippen molar-refractivity contribution in [3.8, 4) is 0 Å². The third-order valence-corrected chi connectivity index (χ3v) is 3.56. The smallest absolute Gasteiger partial charge is 0.227 e. The van der Waals surface area contributed by atoms with E-state index >= 15 is 0 Å². The van der Waals surface area contributed by atoms with E-state index < -0.39 is 0 Å². The molecule has 1 atom stereocenters. The second-order valence-corrected chi connectivity index (χ2v) is 5.03. The summed E-state index contributed by atoms with van der Waals surface area (Å²) in [6.45, 7) is 2.10. The van der Waals surface area contributed by atoms with Crippen LogP contribution in [0.3, 0.4) is 0 Å². The molecule has 1 heterocycles. The quantitative estimate of drug-likeness (QED) is 0.651. The molecule has 1 aromatic rings. The zero-order valence-corrected chi connectivity index (χ0v) is 9.17. The van der Waals surface area contributed by atoms with E-state index in [-0.39, 0.29) is 5.91 Å². The summed E-state index contributed by atoms with van der Waals surface area (Å²) in [5.74, 6) is 0.204. The van der Waals surface area contributed by atoms with Crippen LogP contribution in [0.25, 0.3) is 0 Å². The molecular formula is C11H13NOS. The third kappa shape index (κ3) is 1.64. The summed E-state index contributed by atoms with van der Waals surface area (Å²) in [5, 5.41) is 0.369. The van der Waals surface area contributed by atoms with Gasteiger partial charge in [0.2, 0.25) is 5.91 Å². The van der Waals surface area contributed by atoms with Crippen molar-refractivity contribution in [3.05, 3.63) is 24.3 Å². The molecular weight excluding hydrogens is 194 g/mol. The number of carbonyl (C=O) groups is 1. The Morgan fingerprint density at radius 2 is 2.14 bits per heavy atom. The largest absolute Gasteiger partial charge is 0.314 e. The molecule has 0 saturated heterocycles. The standard InChI is InChI=1S/C11H13NOS/c1-8-7-11(13)12(2)9-5-3-4-6-10(9)14-8/h3-6,8H,7H2,1-2H3. The average molecular weight is 207 g/mol. The number of thioether (sulfide) groups is 1. The minimum absolute atomic E-state index is 0.204. The predicted molar refractivity (Wildman–Crippen MR) is 59.8 cm³/mol. The number of hydrogen-bond acceptors (Lipinski definition) is 2. The zero-order chi connectivity index (χ0) is 10.1. The van der Waals surface area contributed by atoms with Crippen LogP contribution >= 0.6 is 11.8 Å². The molecule has 0 spiro atoms. The Hall–Kier alpha value is -0.960. The van der Waals surface area contributed by atoms with Crippen LogP contribution in [0, 0.1) is 0 Å². The van der Waals surface area contributed by atoms with E-state index in [0.717, 1.165) is 5.69 Å². The average Bonchev–Trinajstić information content (AvgIpc) is 2.26. The van der Waals surface area contributed by atoms with Crippen LogP contribution in [0.2, 0.25) is 0 Å². The van der Waals surface area contributed by atoms with E-state index in [4.69, 9.17) is 0 Å². The van der Waals surface area contributed by atoms with Gasteiger partial charge in [-0.25, -0.2) is 0 Å². The van der Waals surface area contributed by atoms with Gasteiger partial charge in [0, 0.05) is 23.6 Å². The fourth-order valence-electron chi connectivity index (χ4n) is 1.61. The number of carbonyl (C=O) groups excluding carboxylic acids is 1. The highest BCUT2D eigenvalue weighted by Gasteiger charge is 2.22. The van der Waals surface area contributed by atoms with Gasteiger partial charge in [-0.3, -0.25) is 4.79 Å². The SMILES string of the molecule is CC1CC(=O)N(C)c2ccccc2S1. The Bertz CT molecular complexity index is 364.